The molecule has 4 amide bonds. The van der Waals surface area contributed by atoms with E-state index in [0.717, 1.165) is 4.90 Å². The Morgan fingerprint density at radius 3 is 2.51 bits per heavy atom. The Kier molecular flexibility index (Phi) is 7.29. The number of halogens is 3. The number of imide groups is 1. The van der Waals surface area contributed by atoms with Gasteiger partial charge in [-0.3, -0.25) is 9.59 Å². The van der Waals surface area contributed by atoms with E-state index in [1.54, 1.807) is 36.4 Å². The van der Waals surface area contributed by atoms with Crippen molar-refractivity contribution in [3.05, 3.63) is 93.1 Å². The van der Waals surface area contributed by atoms with Gasteiger partial charge in [0.25, 0.3) is 5.91 Å². The molecule has 1 aliphatic heterocycles. The lowest BCUT2D eigenvalue weighted by Gasteiger charge is -2.25. The molecule has 1 saturated heterocycles. The van der Waals surface area contributed by atoms with Gasteiger partial charge >= 0.3 is 6.03 Å². The van der Waals surface area contributed by atoms with E-state index in [9.17, 15) is 23.2 Å². The van der Waals surface area contributed by atoms with E-state index in [2.05, 4.69) is 10.6 Å². The molecule has 0 radical (unpaired) electrons. The predicted molar refractivity (Wildman–Crippen MR) is 133 cm³/mol. The zero-order valence-corrected chi connectivity index (χ0v) is 20.6. The fourth-order valence-corrected chi connectivity index (χ4v) is 4.26. The fraction of sp³-hybridized carbons (Fsp3) is 0.160. The van der Waals surface area contributed by atoms with Crippen LogP contribution in [0.4, 0.5) is 19.3 Å². The number of hydrogen-bond acceptors (Lipinski definition) is 4. The molecule has 10 heteroatoms. The van der Waals surface area contributed by atoms with E-state index in [1.807, 2.05) is 22.6 Å². The average molecular weight is 591 g/mol. The van der Waals surface area contributed by atoms with Crippen molar-refractivity contribution in [3.63, 3.8) is 0 Å². The number of urea groups is 1. The van der Waals surface area contributed by atoms with Gasteiger partial charge in [-0.2, -0.15) is 0 Å². The van der Waals surface area contributed by atoms with Gasteiger partial charge < -0.3 is 15.4 Å². The van der Waals surface area contributed by atoms with Gasteiger partial charge in [0.1, 0.15) is 29.5 Å². The maximum Gasteiger partial charge on any atom is 0.325 e. The SMILES string of the molecule is COc1ccc([C@H]2NC(=O)N([C@@H](Cc3cccc(F)c3)C(=O)Nc3ccc(I)cc3F)C2=O)cc1. The average Bonchev–Trinajstić information content (AvgIpc) is 3.13. The van der Waals surface area contributed by atoms with Crippen LogP contribution in [0, 0.1) is 15.2 Å². The zero-order valence-electron chi connectivity index (χ0n) is 18.4. The van der Waals surface area contributed by atoms with E-state index in [0.29, 0.717) is 20.4 Å². The van der Waals surface area contributed by atoms with Gasteiger partial charge in [-0.1, -0.05) is 24.3 Å². The normalized spacial score (nSPS) is 16.1. The van der Waals surface area contributed by atoms with E-state index >= 15 is 0 Å². The monoisotopic (exact) mass is 591 g/mol. The number of methoxy groups -OCH3 is 1. The van der Waals surface area contributed by atoms with Crippen molar-refractivity contribution >= 4 is 46.1 Å². The molecule has 0 unspecified atom stereocenters. The first-order chi connectivity index (χ1) is 16.8. The number of amides is 4. The standard InChI is InChI=1S/C25H20F2IN3O4/c1-35-18-8-5-15(6-9-18)22-24(33)31(25(34)30-22)21(12-14-3-2-4-16(26)11-14)23(32)29-20-10-7-17(28)13-19(20)27/h2-11,13,21-22H,12H2,1H3,(H,29,32)(H,30,34)/t21-,22+/m0/s1. The van der Waals surface area contributed by atoms with Gasteiger partial charge in [0.2, 0.25) is 5.91 Å². The first-order valence-corrected chi connectivity index (χ1v) is 11.6. The maximum atomic E-state index is 14.4. The smallest absolute Gasteiger partial charge is 0.325 e. The Morgan fingerprint density at radius 2 is 1.86 bits per heavy atom. The molecule has 35 heavy (non-hydrogen) atoms. The van der Waals surface area contributed by atoms with E-state index in [4.69, 9.17) is 4.74 Å². The minimum Gasteiger partial charge on any atom is -0.497 e. The molecular weight excluding hydrogens is 571 g/mol. The second-order valence-electron chi connectivity index (χ2n) is 7.83. The molecule has 7 nitrogen and oxygen atoms in total. The Balaban J connectivity index is 1.65. The van der Waals surface area contributed by atoms with Gasteiger partial charge in [0, 0.05) is 9.99 Å². The number of ether oxygens (including phenoxy) is 1. The van der Waals surface area contributed by atoms with Crippen LogP contribution < -0.4 is 15.4 Å². The lowest BCUT2D eigenvalue weighted by Crippen LogP contribution is -2.49. The molecule has 3 aromatic carbocycles. The number of rotatable bonds is 7. The number of nitrogens with zero attached hydrogens (tertiary/aromatic N) is 1. The van der Waals surface area contributed by atoms with Crippen LogP contribution in [0.5, 0.6) is 5.75 Å². The zero-order chi connectivity index (χ0) is 25.1. The van der Waals surface area contributed by atoms with Crippen molar-refractivity contribution in [2.45, 2.75) is 18.5 Å². The van der Waals surface area contributed by atoms with Crippen molar-refractivity contribution in [3.8, 4) is 5.75 Å². The van der Waals surface area contributed by atoms with Crippen molar-refractivity contribution in [2.75, 3.05) is 12.4 Å². The van der Waals surface area contributed by atoms with Gasteiger partial charge in [-0.05, 0) is 76.2 Å². The lowest BCUT2D eigenvalue weighted by molar-refractivity contribution is -0.134. The molecule has 3 aromatic rings. The molecule has 1 fully saturated rings. The molecule has 4 rings (SSSR count). The summed E-state index contributed by atoms with van der Waals surface area (Å²) in [6, 6.07) is 13.1. The third kappa shape index (κ3) is 5.42. The number of carbonyl (C=O) groups is 3. The Bertz CT molecular complexity index is 1290. The largest absolute Gasteiger partial charge is 0.497 e. The molecule has 0 spiro atoms. The number of nitrogens with one attached hydrogen (secondary N) is 2. The van der Waals surface area contributed by atoms with E-state index in [1.165, 1.54) is 37.4 Å². The maximum absolute atomic E-state index is 14.4. The second kappa shape index (κ2) is 10.4. The molecule has 0 bridgehead atoms. The summed E-state index contributed by atoms with van der Waals surface area (Å²) >= 11 is 1.93. The highest BCUT2D eigenvalue weighted by Gasteiger charge is 2.45. The summed E-state index contributed by atoms with van der Waals surface area (Å²) in [5.74, 6) is -2.06. The summed E-state index contributed by atoms with van der Waals surface area (Å²) in [4.78, 5) is 40.3. The number of hydrogen-bond donors (Lipinski definition) is 2. The highest BCUT2D eigenvalue weighted by molar-refractivity contribution is 14.1. The summed E-state index contributed by atoms with van der Waals surface area (Å²) in [7, 11) is 1.51. The van der Waals surface area contributed by atoms with Crippen molar-refractivity contribution in [1.82, 2.24) is 10.2 Å². The van der Waals surface area contributed by atoms with Crippen molar-refractivity contribution < 1.29 is 27.9 Å². The summed E-state index contributed by atoms with van der Waals surface area (Å²) in [6.45, 7) is 0. The van der Waals surface area contributed by atoms with Crippen LogP contribution in [0.15, 0.2) is 66.7 Å². The van der Waals surface area contributed by atoms with Crippen molar-refractivity contribution in [1.29, 1.82) is 0 Å². The van der Waals surface area contributed by atoms with Crippen LogP contribution in [0.3, 0.4) is 0 Å². The van der Waals surface area contributed by atoms with Crippen LogP contribution in [0.2, 0.25) is 0 Å². The van der Waals surface area contributed by atoms with Crippen LogP contribution in [0.1, 0.15) is 17.2 Å². The summed E-state index contributed by atoms with van der Waals surface area (Å²) in [5.41, 5.74) is 0.792. The van der Waals surface area contributed by atoms with Crippen LogP contribution in [-0.4, -0.2) is 35.9 Å². The Morgan fingerprint density at radius 1 is 1.11 bits per heavy atom. The molecule has 1 aliphatic rings. The molecule has 2 N–H and O–H groups in total. The quantitative estimate of drug-likeness (QED) is 0.315. The highest BCUT2D eigenvalue weighted by atomic mass is 127. The van der Waals surface area contributed by atoms with Gasteiger partial charge in [-0.15, -0.1) is 0 Å². The minimum absolute atomic E-state index is 0.0987. The van der Waals surface area contributed by atoms with E-state index in [-0.39, 0.29) is 12.1 Å². The summed E-state index contributed by atoms with van der Waals surface area (Å²) in [6.07, 6.45) is -0.163. The predicted octanol–water partition coefficient (Wildman–Crippen LogP) is 4.42. The Hall–Kier alpha value is -3.54. The van der Waals surface area contributed by atoms with Crippen LogP contribution >= 0.6 is 22.6 Å². The molecule has 2 atom stereocenters. The third-order valence-electron chi connectivity index (χ3n) is 5.54. The Labute approximate surface area is 213 Å². The van der Waals surface area contributed by atoms with Gasteiger partial charge in [-0.25, -0.2) is 18.5 Å². The summed E-state index contributed by atoms with van der Waals surface area (Å²) in [5, 5.41) is 5.05. The third-order valence-corrected chi connectivity index (χ3v) is 6.21. The molecule has 180 valence electrons. The first kappa shape index (κ1) is 24.6. The van der Waals surface area contributed by atoms with E-state index < -0.39 is 41.6 Å². The number of anilines is 1. The van der Waals surface area contributed by atoms with Gasteiger partial charge in [0.05, 0.1) is 12.8 Å². The van der Waals surface area contributed by atoms with Crippen LogP contribution in [-0.2, 0) is 16.0 Å². The van der Waals surface area contributed by atoms with Crippen LogP contribution in [0.25, 0.3) is 0 Å². The molecule has 1 heterocycles. The molecule has 0 aromatic heterocycles. The molecule has 0 saturated carbocycles. The first-order valence-electron chi connectivity index (χ1n) is 10.5. The number of benzene rings is 3. The summed E-state index contributed by atoms with van der Waals surface area (Å²) < 4.78 is 34.0. The second-order valence-corrected chi connectivity index (χ2v) is 9.07. The minimum atomic E-state index is -1.36. The molecule has 0 aliphatic carbocycles. The van der Waals surface area contributed by atoms with Crippen molar-refractivity contribution in [2.24, 2.45) is 0 Å². The fourth-order valence-electron chi connectivity index (χ4n) is 3.81. The lowest BCUT2D eigenvalue weighted by atomic mass is 10.0. The number of carbonyl (C=O) groups excluding carboxylic acids is 3. The topological polar surface area (TPSA) is 87.7 Å². The van der Waals surface area contributed by atoms with Gasteiger partial charge in [0.15, 0.2) is 0 Å². The highest BCUT2D eigenvalue weighted by Crippen LogP contribution is 2.27. The molecular formula is C25H20F2IN3O4.